The summed E-state index contributed by atoms with van der Waals surface area (Å²) in [6.07, 6.45) is 4.18. The second-order valence-electron chi connectivity index (χ2n) is 5.10. The van der Waals surface area contributed by atoms with Crippen LogP contribution in [0.1, 0.15) is 32.4 Å². The summed E-state index contributed by atoms with van der Waals surface area (Å²) in [6.45, 7) is 5.94. The van der Waals surface area contributed by atoms with Crippen LogP contribution >= 0.6 is 11.6 Å². The number of rotatable bonds is 8. The Kier molecular flexibility index (Phi) is 5.88. The topological polar surface area (TPSA) is 29.8 Å². The van der Waals surface area contributed by atoms with E-state index in [1.807, 2.05) is 24.4 Å². The summed E-state index contributed by atoms with van der Waals surface area (Å²) in [5.41, 5.74) is 1.99. The van der Waals surface area contributed by atoms with Crippen molar-refractivity contribution in [1.82, 2.24) is 9.38 Å². The standard InChI is InChI=1S/C16H24ClN3O/c1-4-13(5-2)19(10-11-21-3)16-14(12-17)20-9-7-6-8-15(20)18-16/h6-9,13H,4-5,10-12H2,1-3H3. The summed E-state index contributed by atoms with van der Waals surface area (Å²) in [4.78, 5) is 7.14. The van der Waals surface area contributed by atoms with Crippen molar-refractivity contribution in [2.75, 3.05) is 25.2 Å². The first kappa shape index (κ1) is 16.1. The first-order valence-electron chi connectivity index (χ1n) is 7.54. The van der Waals surface area contributed by atoms with Gasteiger partial charge in [0.1, 0.15) is 5.65 Å². The van der Waals surface area contributed by atoms with E-state index in [0.717, 1.165) is 36.5 Å². The van der Waals surface area contributed by atoms with Gasteiger partial charge in [0, 0.05) is 25.9 Å². The lowest BCUT2D eigenvalue weighted by atomic mass is 10.1. The predicted octanol–water partition coefficient (Wildman–Crippen LogP) is 3.71. The van der Waals surface area contributed by atoms with Crippen LogP contribution in [0.4, 0.5) is 5.82 Å². The fourth-order valence-electron chi connectivity index (χ4n) is 2.77. The Morgan fingerprint density at radius 2 is 2.10 bits per heavy atom. The molecule has 2 heterocycles. The van der Waals surface area contributed by atoms with Crippen molar-refractivity contribution in [2.45, 2.75) is 38.6 Å². The summed E-state index contributed by atoms with van der Waals surface area (Å²) in [6, 6.07) is 6.47. The van der Waals surface area contributed by atoms with Crippen LogP contribution in [-0.4, -0.2) is 35.7 Å². The third kappa shape index (κ3) is 3.33. The zero-order valence-corrected chi connectivity index (χ0v) is 13.8. The van der Waals surface area contributed by atoms with Gasteiger partial charge in [-0.05, 0) is 25.0 Å². The summed E-state index contributed by atoms with van der Waals surface area (Å²) >= 11 is 6.20. The highest BCUT2D eigenvalue weighted by Gasteiger charge is 2.22. The minimum atomic E-state index is 0.449. The van der Waals surface area contributed by atoms with Gasteiger partial charge in [0.15, 0.2) is 5.82 Å². The average molecular weight is 310 g/mol. The van der Waals surface area contributed by atoms with Crippen LogP contribution in [0.5, 0.6) is 0 Å². The molecule has 0 aliphatic rings. The second kappa shape index (κ2) is 7.66. The quantitative estimate of drug-likeness (QED) is 0.696. The van der Waals surface area contributed by atoms with E-state index in [1.54, 1.807) is 7.11 Å². The van der Waals surface area contributed by atoms with Crippen molar-refractivity contribution in [1.29, 1.82) is 0 Å². The maximum Gasteiger partial charge on any atom is 0.152 e. The number of aromatic nitrogens is 2. The van der Waals surface area contributed by atoms with Crippen LogP contribution in [0.3, 0.4) is 0 Å². The Hall–Kier alpha value is -1.26. The van der Waals surface area contributed by atoms with E-state index in [2.05, 4.69) is 23.1 Å². The van der Waals surface area contributed by atoms with E-state index < -0.39 is 0 Å². The molecule has 21 heavy (non-hydrogen) atoms. The Morgan fingerprint density at radius 3 is 2.71 bits per heavy atom. The van der Waals surface area contributed by atoms with Gasteiger partial charge in [-0.1, -0.05) is 19.9 Å². The van der Waals surface area contributed by atoms with Crippen molar-refractivity contribution in [3.05, 3.63) is 30.1 Å². The van der Waals surface area contributed by atoms with Crippen LogP contribution in [0, 0.1) is 0 Å². The van der Waals surface area contributed by atoms with Crippen molar-refractivity contribution < 1.29 is 4.74 Å². The van der Waals surface area contributed by atoms with E-state index in [1.165, 1.54) is 0 Å². The van der Waals surface area contributed by atoms with Crippen LogP contribution in [0.25, 0.3) is 5.65 Å². The summed E-state index contributed by atoms with van der Waals surface area (Å²) in [5.74, 6) is 1.44. The molecule has 0 amide bonds. The van der Waals surface area contributed by atoms with Gasteiger partial charge in [-0.3, -0.25) is 0 Å². The van der Waals surface area contributed by atoms with Gasteiger partial charge in [-0.15, -0.1) is 11.6 Å². The van der Waals surface area contributed by atoms with Crippen LogP contribution in [-0.2, 0) is 10.6 Å². The van der Waals surface area contributed by atoms with Gasteiger partial charge in [-0.25, -0.2) is 4.98 Å². The molecule has 4 nitrogen and oxygen atoms in total. The lowest BCUT2D eigenvalue weighted by Gasteiger charge is -2.31. The molecule has 0 radical (unpaired) electrons. The molecule has 2 rings (SSSR count). The van der Waals surface area contributed by atoms with E-state index in [4.69, 9.17) is 21.3 Å². The minimum absolute atomic E-state index is 0.449. The Bertz CT molecular complexity index is 566. The van der Waals surface area contributed by atoms with Gasteiger partial charge in [0.05, 0.1) is 18.2 Å². The molecule has 0 bridgehead atoms. The summed E-state index contributed by atoms with van der Waals surface area (Å²) in [5, 5.41) is 0. The Balaban J connectivity index is 2.47. The molecule has 0 atom stereocenters. The second-order valence-corrected chi connectivity index (χ2v) is 5.37. The monoisotopic (exact) mass is 309 g/mol. The van der Waals surface area contributed by atoms with Gasteiger partial charge in [0.2, 0.25) is 0 Å². The molecule has 2 aromatic heterocycles. The number of nitrogens with zero attached hydrogens (tertiary/aromatic N) is 3. The molecule has 0 saturated carbocycles. The number of hydrogen-bond donors (Lipinski definition) is 0. The maximum absolute atomic E-state index is 6.20. The molecule has 0 aliphatic heterocycles. The van der Waals surface area contributed by atoms with Crippen LogP contribution < -0.4 is 4.90 Å². The minimum Gasteiger partial charge on any atom is -0.383 e. The summed E-state index contributed by atoms with van der Waals surface area (Å²) < 4.78 is 7.35. The number of hydrogen-bond acceptors (Lipinski definition) is 3. The number of ether oxygens (including phenoxy) is 1. The molecule has 0 fully saturated rings. The van der Waals surface area contributed by atoms with Crippen molar-refractivity contribution in [3.63, 3.8) is 0 Å². The molecule has 116 valence electrons. The predicted molar refractivity (Wildman–Crippen MR) is 88.3 cm³/mol. The van der Waals surface area contributed by atoms with Gasteiger partial charge < -0.3 is 14.0 Å². The highest BCUT2D eigenvalue weighted by Crippen LogP contribution is 2.26. The molecule has 0 N–H and O–H groups in total. The molecular formula is C16H24ClN3O. The number of pyridine rings is 1. The van der Waals surface area contributed by atoms with Gasteiger partial charge in [0.25, 0.3) is 0 Å². The first-order valence-corrected chi connectivity index (χ1v) is 8.07. The third-order valence-electron chi connectivity index (χ3n) is 3.93. The van der Waals surface area contributed by atoms with Gasteiger partial charge in [-0.2, -0.15) is 0 Å². The first-order chi connectivity index (χ1) is 10.3. The SMILES string of the molecule is CCC(CC)N(CCOC)c1nc2ccccn2c1CCl. The molecule has 2 aromatic rings. The van der Waals surface area contributed by atoms with E-state index in [0.29, 0.717) is 18.5 Å². The lowest BCUT2D eigenvalue weighted by Crippen LogP contribution is -2.38. The van der Waals surface area contributed by atoms with E-state index >= 15 is 0 Å². The molecule has 0 aromatic carbocycles. The maximum atomic E-state index is 6.20. The Morgan fingerprint density at radius 1 is 1.33 bits per heavy atom. The Labute approximate surface area is 131 Å². The summed E-state index contributed by atoms with van der Waals surface area (Å²) in [7, 11) is 1.73. The number of fused-ring (bicyclic) bond motifs is 1. The lowest BCUT2D eigenvalue weighted by molar-refractivity contribution is 0.202. The van der Waals surface area contributed by atoms with Crippen LogP contribution in [0.15, 0.2) is 24.4 Å². The molecule has 0 spiro atoms. The highest BCUT2D eigenvalue weighted by atomic mass is 35.5. The fourth-order valence-corrected chi connectivity index (χ4v) is 3.02. The fraction of sp³-hybridized carbons (Fsp3) is 0.562. The number of methoxy groups -OCH3 is 1. The van der Waals surface area contributed by atoms with E-state index in [9.17, 15) is 0 Å². The number of halogens is 1. The molecule has 0 aliphatic carbocycles. The number of alkyl halides is 1. The van der Waals surface area contributed by atoms with Crippen molar-refractivity contribution >= 4 is 23.1 Å². The average Bonchev–Trinajstić information content (AvgIpc) is 2.89. The molecule has 5 heteroatoms. The van der Waals surface area contributed by atoms with Crippen molar-refractivity contribution in [2.24, 2.45) is 0 Å². The number of anilines is 1. The van der Waals surface area contributed by atoms with E-state index in [-0.39, 0.29) is 0 Å². The molecular weight excluding hydrogens is 286 g/mol. The smallest absolute Gasteiger partial charge is 0.152 e. The van der Waals surface area contributed by atoms with Crippen LogP contribution in [0.2, 0.25) is 0 Å². The largest absolute Gasteiger partial charge is 0.383 e. The van der Waals surface area contributed by atoms with Crippen molar-refractivity contribution in [3.8, 4) is 0 Å². The third-order valence-corrected chi connectivity index (χ3v) is 4.18. The molecule has 0 unspecified atom stereocenters. The zero-order chi connectivity index (χ0) is 15.2. The normalized spacial score (nSPS) is 11.5. The highest BCUT2D eigenvalue weighted by molar-refractivity contribution is 6.17. The van der Waals surface area contributed by atoms with Gasteiger partial charge >= 0.3 is 0 Å². The molecule has 0 saturated heterocycles. The number of imidazole rings is 1. The zero-order valence-electron chi connectivity index (χ0n) is 13.1.